The highest BCUT2D eigenvalue weighted by molar-refractivity contribution is 7.47. The fraction of sp³-hybridized carbons (Fsp3) is 0.603. The predicted octanol–water partition coefficient (Wildman–Crippen LogP) is 15.2. The number of aliphatic hydroxyl groups is 1. The molecule has 0 saturated heterocycles. The Morgan fingerprint density at radius 3 is 1.26 bits per heavy atom. The van der Waals surface area contributed by atoms with E-state index in [1.807, 2.05) is 18.2 Å². The third-order valence-electron chi connectivity index (χ3n) is 10.4. The van der Waals surface area contributed by atoms with Crippen LogP contribution in [-0.2, 0) is 42.2 Å². The van der Waals surface area contributed by atoms with Crippen molar-refractivity contribution in [2.24, 2.45) is 0 Å². The molecule has 11 nitrogen and oxygen atoms in total. The van der Waals surface area contributed by atoms with Gasteiger partial charge in [-0.3, -0.25) is 23.4 Å². The van der Waals surface area contributed by atoms with Gasteiger partial charge in [-0.1, -0.05) is 200 Å². The monoisotopic (exact) mass is 997 g/mol. The predicted molar refractivity (Wildman–Crippen MR) is 288 cm³/mol. The zero-order valence-electron chi connectivity index (χ0n) is 43.4. The van der Waals surface area contributed by atoms with E-state index in [2.05, 4.69) is 118 Å². The number of rotatable bonds is 47. The summed E-state index contributed by atoms with van der Waals surface area (Å²) in [4.78, 5) is 48.2. The number of allylic oxidation sites excluding steroid dienone is 19. The number of unbranched alkanes of at least 4 members (excludes halogenated alkanes) is 11. The molecule has 70 heavy (non-hydrogen) atoms. The van der Waals surface area contributed by atoms with E-state index in [1.165, 1.54) is 32.1 Å². The van der Waals surface area contributed by atoms with E-state index in [1.54, 1.807) is 6.08 Å². The minimum Gasteiger partial charge on any atom is -0.462 e. The first-order valence-corrected chi connectivity index (χ1v) is 27.9. The minimum atomic E-state index is -4.78. The topological polar surface area (TPSA) is 155 Å². The van der Waals surface area contributed by atoms with Crippen LogP contribution in [0.3, 0.4) is 0 Å². The van der Waals surface area contributed by atoms with E-state index in [0.717, 1.165) is 96.3 Å². The molecule has 0 aliphatic rings. The lowest BCUT2D eigenvalue weighted by molar-refractivity contribution is -0.160. The number of phosphoric ester groups is 1. The van der Waals surface area contributed by atoms with Gasteiger partial charge in [0.15, 0.2) is 6.10 Å². The molecule has 0 fully saturated rings. The maximum atomic E-state index is 12.8. The molecule has 396 valence electrons. The number of ether oxygens (including phenoxy) is 3. The fourth-order valence-corrected chi connectivity index (χ4v) is 7.24. The quantitative estimate of drug-likeness (QED) is 0.0197. The molecule has 0 saturated carbocycles. The standard InChI is InChI=1S/C58H93O11P/c1-4-7-10-13-16-19-21-23-25-26-27-28-30-31-33-36-38-41-44-47-56(60)65-51-55(69-58(62)49-46-43-40-37-34-32-29-24-22-20-17-14-11-8-5-2)53-67-70(63,64)66-52-54(50-59)68-57(61)48-45-42-39-35-18-15-12-9-6-3/h7-8,10-11,16-17,19-20,23-25,27-29,31,33-34,37,43,46,54-55,59H,4-6,9,12-15,18,21-22,26,30,32,35-36,38-42,44-45,47-53H2,1-3H3,(H,63,64)/b10-7-,11-8-,19-16-,20-17-,25-23-,28-27-,29-24-,33-31-,37-34-,46-43-. The first kappa shape index (κ1) is 65.9. The first-order chi connectivity index (χ1) is 34.2. The number of carbonyl (C=O) groups excluding carboxylic acids is 3. The van der Waals surface area contributed by atoms with Gasteiger partial charge in [-0.2, -0.15) is 0 Å². The van der Waals surface area contributed by atoms with Gasteiger partial charge in [0.1, 0.15) is 12.7 Å². The van der Waals surface area contributed by atoms with Crippen molar-refractivity contribution in [3.63, 3.8) is 0 Å². The van der Waals surface area contributed by atoms with Crippen molar-refractivity contribution in [3.05, 3.63) is 122 Å². The van der Waals surface area contributed by atoms with Gasteiger partial charge in [0.05, 0.1) is 26.2 Å². The number of hydrogen-bond acceptors (Lipinski definition) is 10. The van der Waals surface area contributed by atoms with Crippen LogP contribution in [0.4, 0.5) is 0 Å². The number of phosphoric acid groups is 1. The number of hydrogen-bond donors (Lipinski definition) is 2. The molecule has 0 spiro atoms. The third kappa shape index (κ3) is 48.9. The summed E-state index contributed by atoms with van der Waals surface area (Å²) in [6.07, 6.45) is 62.1. The maximum absolute atomic E-state index is 12.8. The Labute approximate surface area is 424 Å². The summed E-state index contributed by atoms with van der Waals surface area (Å²) >= 11 is 0. The van der Waals surface area contributed by atoms with Gasteiger partial charge < -0.3 is 24.2 Å². The summed E-state index contributed by atoms with van der Waals surface area (Å²) in [5, 5.41) is 9.75. The summed E-state index contributed by atoms with van der Waals surface area (Å²) in [6, 6.07) is 0. The summed E-state index contributed by atoms with van der Waals surface area (Å²) < 4.78 is 39.2. The van der Waals surface area contributed by atoms with Crippen molar-refractivity contribution in [2.45, 2.75) is 200 Å². The minimum absolute atomic E-state index is 0.0776. The second-order valence-electron chi connectivity index (χ2n) is 16.9. The van der Waals surface area contributed by atoms with Crippen molar-refractivity contribution >= 4 is 25.7 Å². The van der Waals surface area contributed by atoms with Crippen LogP contribution in [0.1, 0.15) is 188 Å². The summed E-state index contributed by atoms with van der Waals surface area (Å²) in [5.41, 5.74) is 0. The molecule has 0 aromatic heterocycles. The van der Waals surface area contributed by atoms with Crippen LogP contribution in [0.5, 0.6) is 0 Å². The molecule has 0 bridgehead atoms. The molecule has 0 heterocycles. The molecule has 3 unspecified atom stereocenters. The largest absolute Gasteiger partial charge is 0.472 e. The summed E-state index contributed by atoms with van der Waals surface area (Å²) in [5.74, 6) is -1.67. The van der Waals surface area contributed by atoms with Gasteiger partial charge >= 0.3 is 25.7 Å². The molecule has 2 N–H and O–H groups in total. The Balaban J connectivity index is 4.92. The molecule has 0 aliphatic heterocycles. The average molecular weight is 997 g/mol. The fourth-order valence-electron chi connectivity index (χ4n) is 6.46. The normalized spacial score (nSPS) is 14.4. The number of carbonyl (C=O) groups is 3. The van der Waals surface area contributed by atoms with E-state index >= 15 is 0 Å². The molecule has 3 atom stereocenters. The molecule has 0 radical (unpaired) electrons. The van der Waals surface area contributed by atoms with Gasteiger partial charge in [0.25, 0.3) is 0 Å². The van der Waals surface area contributed by atoms with E-state index in [-0.39, 0.29) is 19.3 Å². The van der Waals surface area contributed by atoms with Crippen molar-refractivity contribution in [1.82, 2.24) is 0 Å². The van der Waals surface area contributed by atoms with E-state index < -0.39 is 64.4 Å². The Kier molecular flexibility index (Phi) is 48.2. The second kappa shape index (κ2) is 51.2. The molecule has 0 aromatic rings. The van der Waals surface area contributed by atoms with Crippen LogP contribution < -0.4 is 0 Å². The Morgan fingerprint density at radius 1 is 0.429 bits per heavy atom. The lowest BCUT2D eigenvalue weighted by Crippen LogP contribution is -2.30. The van der Waals surface area contributed by atoms with Gasteiger partial charge in [-0.05, 0) is 89.9 Å². The summed E-state index contributed by atoms with van der Waals surface area (Å²) in [7, 11) is -4.78. The average Bonchev–Trinajstić information content (AvgIpc) is 3.35. The van der Waals surface area contributed by atoms with Crippen LogP contribution in [0.2, 0.25) is 0 Å². The molecule has 12 heteroatoms. The first-order valence-electron chi connectivity index (χ1n) is 26.4. The zero-order valence-corrected chi connectivity index (χ0v) is 44.3. The van der Waals surface area contributed by atoms with Gasteiger partial charge in [-0.25, -0.2) is 4.57 Å². The van der Waals surface area contributed by atoms with Gasteiger partial charge in [-0.15, -0.1) is 0 Å². The highest BCUT2D eigenvalue weighted by Gasteiger charge is 2.28. The second-order valence-corrected chi connectivity index (χ2v) is 18.4. The highest BCUT2D eigenvalue weighted by atomic mass is 31.2. The van der Waals surface area contributed by atoms with Crippen LogP contribution in [0.25, 0.3) is 0 Å². The molecular formula is C58H93O11P. The Morgan fingerprint density at radius 2 is 0.800 bits per heavy atom. The van der Waals surface area contributed by atoms with Gasteiger partial charge in [0.2, 0.25) is 0 Å². The third-order valence-corrected chi connectivity index (χ3v) is 11.4. The van der Waals surface area contributed by atoms with Crippen LogP contribution in [0, 0.1) is 0 Å². The zero-order chi connectivity index (χ0) is 51.3. The summed E-state index contributed by atoms with van der Waals surface area (Å²) in [6.45, 7) is 4.20. The molecule has 0 aliphatic carbocycles. The smallest absolute Gasteiger partial charge is 0.462 e. The highest BCUT2D eigenvalue weighted by Crippen LogP contribution is 2.43. The number of esters is 3. The lowest BCUT2D eigenvalue weighted by Gasteiger charge is -2.21. The molecule has 0 aromatic carbocycles. The SMILES string of the molecule is CC/C=C\C/C=C\C/C=C\C/C=C\C/C=C\CCCCCC(=O)OCC(COP(=O)(O)OCC(CO)OC(=O)CCCCCCCCCCC)OC(=O)C/C=C\C/C=C\C/C=C\C/C=C\C/C=C\CC. The van der Waals surface area contributed by atoms with E-state index in [4.69, 9.17) is 23.3 Å². The molecular weight excluding hydrogens is 904 g/mol. The van der Waals surface area contributed by atoms with Crippen LogP contribution >= 0.6 is 7.82 Å². The maximum Gasteiger partial charge on any atom is 0.472 e. The Hall–Kier alpha value is -4.12. The van der Waals surface area contributed by atoms with Gasteiger partial charge in [0, 0.05) is 12.8 Å². The van der Waals surface area contributed by atoms with Crippen LogP contribution in [-0.4, -0.2) is 66.5 Å². The lowest BCUT2D eigenvalue weighted by atomic mass is 10.1. The molecule has 0 amide bonds. The number of aliphatic hydroxyl groups excluding tert-OH is 1. The van der Waals surface area contributed by atoms with Crippen LogP contribution in [0.15, 0.2) is 122 Å². The van der Waals surface area contributed by atoms with E-state index in [0.29, 0.717) is 19.3 Å². The molecule has 0 rings (SSSR count). The van der Waals surface area contributed by atoms with Crippen molar-refractivity contribution in [2.75, 3.05) is 26.4 Å². The van der Waals surface area contributed by atoms with E-state index in [9.17, 15) is 28.9 Å². The Bertz CT molecular complexity index is 1630. The van der Waals surface area contributed by atoms with Crippen molar-refractivity contribution in [3.8, 4) is 0 Å². The van der Waals surface area contributed by atoms with Crippen molar-refractivity contribution in [1.29, 1.82) is 0 Å². The van der Waals surface area contributed by atoms with Crippen molar-refractivity contribution < 1.29 is 52.2 Å².